The second-order valence-corrected chi connectivity index (χ2v) is 3.38. The van der Waals surface area contributed by atoms with Gasteiger partial charge in [0.15, 0.2) is 0 Å². The Morgan fingerprint density at radius 3 is 2.85 bits per heavy atom. The average molecular weight is 178 g/mol. The molecule has 2 nitrogen and oxygen atoms in total. The van der Waals surface area contributed by atoms with Crippen LogP contribution in [-0.2, 0) is 0 Å². The molecule has 0 atom stereocenters. The molecule has 0 spiro atoms. The van der Waals surface area contributed by atoms with Gasteiger partial charge in [0.2, 0.25) is 0 Å². The minimum atomic E-state index is -0.235. The van der Waals surface area contributed by atoms with Gasteiger partial charge in [-0.1, -0.05) is 0 Å². The van der Waals surface area contributed by atoms with Gasteiger partial charge < -0.3 is 4.57 Å². The molecule has 0 N–H and O–H groups in total. The molecule has 0 saturated carbocycles. The highest BCUT2D eigenvalue weighted by Gasteiger charge is 2.05. The van der Waals surface area contributed by atoms with Gasteiger partial charge in [-0.15, -0.1) is 0 Å². The van der Waals surface area contributed by atoms with E-state index in [-0.39, 0.29) is 5.82 Å². The van der Waals surface area contributed by atoms with Crippen LogP contribution < -0.4 is 0 Å². The lowest BCUT2D eigenvalue weighted by Crippen LogP contribution is -1.97. The Bertz CT molecular complexity index is 431. The van der Waals surface area contributed by atoms with Gasteiger partial charge in [-0.05, 0) is 26.0 Å². The molecule has 0 aliphatic rings. The molecular weight excluding hydrogens is 167 g/mol. The summed E-state index contributed by atoms with van der Waals surface area (Å²) in [5, 5.41) is 0. The number of hydrogen-bond donors (Lipinski definition) is 0. The number of nitrogens with zero attached hydrogens (tertiary/aromatic N) is 2. The Labute approximate surface area is 76.0 Å². The van der Waals surface area contributed by atoms with Gasteiger partial charge in [0.05, 0.1) is 17.4 Å². The topological polar surface area (TPSA) is 17.8 Å². The van der Waals surface area contributed by atoms with Crippen molar-refractivity contribution in [2.45, 2.75) is 19.9 Å². The van der Waals surface area contributed by atoms with Crippen molar-refractivity contribution in [3.8, 4) is 0 Å². The molecule has 0 bridgehead atoms. The fourth-order valence-electron chi connectivity index (χ4n) is 1.42. The van der Waals surface area contributed by atoms with Gasteiger partial charge in [-0.3, -0.25) is 0 Å². The molecule has 1 aromatic heterocycles. The molecule has 1 aromatic carbocycles. The maximum atomic E-state index is 12.8. The predicted octanol–water partition coefficient (Wildman–Crippen LogP) is 2.76. The highest BCUT2D eigenvalue weighted by atomic mass is 19.1. The summed E-state index contributed by atoms with van der Waals surface area (Å²) in [6, 6.07) is 5.03. The quantitative estimate of drug-likeness (QED) is 0.656. The van der Waals surface area contributed by atoms with E-state index in [0.29, 0.717) is 11.6 Å². The van der Waals surface area contributed by atoms with Crippen molar-refractivity contribution in [3.05, 3.63) is 30.3 Å². The van der Waals surface area contributed by atoms with Crippen molar-refractivity contribution in [3.63, 3.8) is 0 Å². The summed E-state index contributed by atoms with van der Waals surface area (Å²) in [6.45, 7) is 4.15. The predicted molar refractivity (Wildman–Crippen MR) is 50.1 cm³/mol. The van der Waals surface area contributed by atoms with E-state index < -0.39 is 0 Å². The average Bonchev–Trinajstić information content (AvgIpc) is 2.46. The van der Waals surface area contributed by atoms with Crippen LogP contribution >= 0.6 is 0 Å². The highest BCUT2D eigenvalue weighted by Crippen LogP contribution is 2.17. The summed E-state index contributed by atoms with van der Waals surface area (Å²) in [5.41, 5.74) is 1.70. The van der Waals surface area contributed by atoms with Crippen molar-refractivity contribution < 1.29 is 4.39 Å². The van der Waals surface area contributed by atoms with Crippen LogP contribution in [0.1, 0.15) is 19.9 Å². The fourth-order valence-corrected chi connectivity index (χ4v) is 1.42. The van der Waals surface area contributed by atoms with Crippen LogP contribution in [0.15, 0.2) is 24.5 Å². The maximum Gasteiger partial charge on any atom is 0.125 e. The standard InChI is InChI=1S/C10H11FN2/c1-7(2)13-6-12-9-5-8(11)3-4-10(9)13/h3-7H,1-2H3. The Kier molecular flexibility index (Phi) is 1.79. The van der Waals surface area contributed by atoms with E-state index in [1.165, 1.54) is 12.1 Å². The number of rotatable bonds is 1. The zero-order valence-electron chi connectivity index (χ0n) is 7.66. The highest BCUT2D eigenvalue weighted by molar-refractivity contribution is 5.75. The monoisotopic (exact) mass is 178 g/mol. The second kappa shape index (κ2) is 2.83. The molecule has 68 valence electrons. The van der Waals surface area contributed by atoms with Crippen LogP contribution in [0.4, 0.5) is 4.39 Å². The first-order valence-electron chi connectivity index (χ1n) is 4.30. The molecule has 2 aromatic rings. The van der Waals surface area contributed by atoms with Crippen LogP contribution in [0.3, 0.4) is 0 Å². The van der Waals surface area contributed by atoms with E-state index in [4.69, 9.17) is 0 Å². The van der Waals surface area contributed by atoms with E-state index in [9.17, 15) is 4.39 Å². The lowest BCUT2D eigenvalue weighted by Gasteiger charge is -2.06. The maximum absolute atomic E-state index is 12.8. The van der Waals surface area contributed by atoms with Gasteiger partial charge in [-0.2, -0.15) is 0 Å². The zero-order valence-corrected chi connectivity index (χ0v) is 7.66. The third-order valence-corrected chi connectivity index (χ3v) is 2.09. The summed E-state index contributed by atoms with van der Waals surface area (Å²) in [7, 11) is 0. The SMILES string of the molecule is CC(C)n1cnc2cc(F)ccc21. The van der Waals surface area contributed by atoms with E-state index in [2.05, 4.69) is 18.8 Å². The molecule has 0 unspecified atom stereocenters. The van der Waals surface area contributed by atoms with Gasteiger partial charge in [0, 0.05) is 12.1 Å². The smallest absolute Gasteiger partial charge is 0.125 e. The van der Waals surface area contributed by atoms with Gasteiger partial charge >= 0.3 is 0 Å². The van der Waals surface area contributed by atoms with Gasteiger partial charge in [0.25, 0.3) is 0 Å². The van der Waals surface area contributed by atoms with Crippen molar-refractivity contribution in [1.29, 1.82) is 0 Å². The molecule has 2 rings (SSSR count). The number of fused-ring (bicyclic) bond motifs is 1. The van der Waals surface area contributed by atoms with Crippen molar-refractivity contribution in [1.82, 2.24) is 9.55 Å². The molecule has 3 heteroatoms. The molecular formula is C10H11FN2. The first kappa shape index (κ1) is 8.23. The van der Waals surface area contributed by atoms with Crippen molar-refractivity contribution >= 4 is 11.0 Å². The number of aromatic nitrogens is 2. The Morgan fingerprint density at radius 1 is 1.38 bits per heavy atom. The molecule has 13 heavy (non-hydrogen) atoms. The van der Waals surface area contributed by atoms with Crippen LogP contribution in [0, 0.1) is 5.82 Å². The largest absolute Gasteiger partial charge is 0.328 e. The fraction of sp³-hybridized carbons (Fsp3) is 0.300. The van der Waals surface area contributed by atoms with Crippen LogP contribution in [0.25, 0.3) is 11.0 Å². The molecule has 0 fully saturated rings. The molecule has 0 aliphatic heterocycles. The first-order valence-corrected chi connectivity index (χ1v) is 4.30. The molecule has 1 heterocycles. The van der Waals surface area contributed by atoms with Crippen LogP contribution in [0.2, 0.25) is 0 Å². The lowest BCUT2D eigenvalue weighted by atomic mass is 10.3. The van der Waals surface area contributed by atoms with E-state index in [1.54, 1.807) is 12.4 Å². The van der Waals surface area contributed by atoms with Crippen molar-refractivity contribution in [2.75, 3.05) is 0 Å². The third-order valence-electron chi connectivity index (χ3n) is 2.09. The Morgan fingerprint density at radius 2 is 2.15 bits per heavy atom. The number of benzene rings is 1. The zero-order chi connectivity index (χ0) is 9.42. The lowest BCUT2D eigenvalue weighted by molar-refractivity contribution is 0.615. The molecule has 0 amide bonds. The van der Waals surface area contributed by atoms with Gasteiger partial charge in [0.1, 0.15) is 5.82 Å². The summed E-state index contributed by atoms with van der Waals surface area (Å²) in [4.78, 5) is 4.12. The van der Waals surface area contributed by atoms with Crippen LogP contribution in [-0.4, -0.2) is 9.55 Å². The van der Waals surface area contributed by atoms with Gasteiger partial charge in [-0.25, -0.2) is 9.37 Å². The molecule has 0 radical (unpaired) electrons. The van der Waals surface area contributed by atoms with E-state index in [0.717, 1.165) is 5.52 Å². The van der Waals surface area contributed by atoms with Crippen LogP contribution in [0.5, 0.6) is 0 Å². The van der Waals surface area contributed by atoms with E-state index >= 15 is 0 Å². The second-order valence-electron chi connectivity index (χ2n) is 3.38. The molecule has 0 aliphatic carbocycles. The Balaban J connectivity index is 2.69. The Hall–Kier alpha value is -1.38. The summed E-state index contributed by atoms with van der Waals surface area (Å²) >= 11 is 0. The number of hydrogen-bond acceptors (Lipinski definition) is 1. The van der Waals surface area contributed by atoms with E-state index in [1.807, 2.05) is 4.57 Å². The summed E-state index contributed by atoms with van der Waals surface area (Å²) in [6.07, 6.45) is 1.74. The normalized spacial score (nSPS) is 11.4. The summed E-state index contributed by atoms with van der Waals surface area (Å²) in [5.74, 6) is -0.235. The third kappa shape index (κ3) is 1.30. The number of halogens is 1. The molecule has 0 saturated heterocycles. The van der Waals surface area contributed by atoms with Crippen molar-refractivity contribution in [2.24, 2.45) is 0 Å². The minimum absolute atomic E-state index is 0.235. The number of imidazole rings is 1. The summed E-state index contributed by atoms with van der Waals surface area (Å²) < 4.78 is 14.8. The first-order chi connectivity index (χ1) is 6.18. The minimum Gasteiger partial charge on any atom is -0.328 e.